The zero-order chi connectivity index (χ0) is 13.6. The molecule has 7 nitrogen and oxygen atoms in total. The van der Waals surface area contributed by atoms with E-state index in [9.17, 15) is 18.0 Å². The van der Waals surface area contributed by atoms with Gasteiger partial charge in [0.25, 0.3) is 5.91 Å². The molecule has 0 aromatic heterocycles. The van der Waals surface area contributed by atoms with Crippen LogP contribution in [0, 0.1) is 5.92 Å². The average molecular weight is 274 g/mol. The van der Waals surface area contributed by atoms with Crippen LogP contribution in [0.1, 0.15) is 19.3 Å². The van der Waals surface area contributed by atoms with Crippen molar-refractivity contribution in [2.75, 3.05) is 0 Å². The molecule has 0 saturated heterocycles. The number of hydrogen-bond acceptors (Lipinski definition) is 4. The highest BCUT2D eigenvalue weighted by Crippen LogP contribution is 2.45. The number of carbonyl (C=O) groups is 2. The van der Waals surface area contributed by atoms with Crippen LogP contribution in [0.3, 0.4) is 0 Å². The SMILES string of the molecule is C=C[C@@H]1C[C@]1(NC(=O)O)C(=O)NS(=O)(=O)C1CC1. The van der Waals surface area contributed by atoms with Gasteiger partial charge < -0.3 is 10.4 Å². The topological polar surface area (TPSA) is 113 Å². The van der Waals surface area contributed by atoms with Crippen molar-refractivity contribution in [1.82, 2.24) is 10.0 Å². The summed E-state index contributed by atoms with van der Waals surface area (Å²) in [6, 6.07) is 0. The van der Waals surface area contributed by atoms with E-state index in [2.05, 4.69) is 11.9 Å². The molecule has 100 valence electrons. The first-order valence-corrected chi connectivity index (χ1v) is 7.06. The molecule has 18 heavy (non-hydrogen) atoms. The van der Waals surface area contributed by atoms with E-state index in [4.69, 9.17) is 5.11 Å². The molecule has 0 heterocycles. The third kappa shape index (κ3) is 2.20. The minimum atomic E-state index is -3.66. The van der Waals surface area contributed by atoms with Gasteiger partial charge in [-0.3, -0.25) is 9.52 Å². The van der Waals surface area contributed by atoms with E-state index >= 15 is 0 Å². The number of nitrogens with one attached hydrogen (secondary N) is 2. The molecule has 2 saturated carbocycles. The Morgan fingerprint density at radius 1 is 1.39 bits per heavy atom. The van der Waals surface area contributed by atoms with Crippen LogP contribution in [0.2, 0.25) is 0 Å². The smallest absolute Gasteiger partial charge is 0.405 e. The summed E-state index contributed by atoms with van der Waals surface area (Å²) in [7, 11) is -3.66. The van der Waals surface area contributed by atoms with Gasteiger partial charge in [0, 0.05) is 5.92 Å². The van der Waals surface area contributed by atoms with Crippen molar-refractivity contribution >= 4 is 22.0 Å². The van der Waals surface area contributed by atoms with Crippen LogP contribution in [-0.2, 0) is 14.8 Å². The van der Waals surface area contributed by atoms with Gasteiger partial charge >= 0.3 is 6.09 Å². The molecule has 3 N–H and O–H groups in total. The lowest BCUT2D eigenvalue weighted by Gasteiger charge is -2.16. The second kappa shape index (κ2) is 3.98. The number of carbonyl (C=O) groups excluding carboxylic acids is 1. The molecular weight excluding hydrogens is 260 g/mol. The lowest BCUT2D eigenvalue weighted by Crippen LogP contribution is -2.52. The molecule has 0 unspecified atom stereocenters. The normalized spacial score (nSPS) is 30.3. The van der Waals surface area contributed by atoms with Crippen molar-refractivity contribution in [3.63, 3.8) is 0 Å². The van der Waals surface area contributed by atoms with Crippen LogP contribution in [-0.4, -0.2) is 36.3 Å². The van der Waals surface area contributed by atoms with Crippen LogP contribution in [0.15, 0.2) is 12.7 Å². The van der Waals surface area contributed by atoms with E-state index in [-0.39, 0.29) is 12.3 Å². The minimum Gasteiger partial charge on any atom is -0.465 e. The largest absolute Gasteiger partial charge is 0.465 e. The van der Waals surface area contributed by atoms with Gasteiger partial charge in [-0.15, -0.1) is 6.58 Å². The van der Waals surface area contributed by atoms with Gasteiger partial charge in [-0.2, -0.15) is 0 Å². The molecule has 0 aromatic rings. The molecule has 2 atom stereocenters. The molecule has 2 aliphatic carbocycles. The second-order valence-electron chi connectivity index (χ2n) is 4.62. The number of carboxylic acid groups (broad SMARTS) is 1. The van der Waals surface area contributed by atoms with E-state index in [1.807, 2.05) is 4.72 Å². The highest BCUT2D eigenvalue weighted by molar-refractivity contribution is 7.90. The van der Waals surface area contributed by atoms with Crippen molar-refractivity contribution < 1.29 is 23.1 Å². The van der Waals surface area contributed by atoms with Crippen molar-refractivity contribution in [3.05, 3.63) is 12.7 Å². The Morgan fingerprint density at radius 3 is 2.39 bits per heavy atom. The van der Waals surface area contributed by atoms with E-state index in [0.717, 1.165) is 0 Å². The summed E-state index contributed by atoms with van der Waals surface area (Å²) in [5.41, 5.74) is -1.38. The van der Waals surface area contributed by atoms with Gasteiger partial charge in [0.1, 0.15) is 5.54 Å². The number of amides is 2. The summed E-state index contributed by atoms with van der Waals surface area (Å²) < 4.78 is 25.2. The Balaban J connectivity index is 2.10. The third-order valence-electron chi connectivity index (χ3n) is 3.23. The number of hydrogen-bond donors (Lipinski definition) is 3. The first-order valence-electron chi connectivity index (χ1n) is 5.51. The zero-order valence-electron chi connectivity index (χ0n) is 9.55. The van der Waals surface area contributed by atoms with Gasteiger partial charge in [0.2, 0.25) is 10.0 Å². The minimum absolute atomic E-state index is 0.231. The molecule has 0 aromatic carbocycles. The summed E-state index contributed by atoms with van der Waals surface area (Å²) in [5, 5.41) is 10.3. The summed E-state index contributed by atoms with van der Waals surface area (Å²) in [4.78, 5) is 22.6. The monoisotopic (exact) mass is 274 g/mol. The van der Waals surface area contributed by atoms with Gasteiger partial charge in [0.05, 0.1) is 5.25 Å². The molecular formula is C10H14N2O5S. The second-order valence-corrected chi connectivity index (χ2v) is 6.58. The maximum atomic E-state index is 11.9. The van der Waals surface area contributed by atoms with Crippen molar-refractivity contribution in [2.24, 2.45) is 5.92 Å². The fraction of sp³-hybridized carbons (Fsp3) is 0.600. The van der Waals surface area contributed by atoms with E-state index in [1.165, 1.54) is 6.08 Å². The van der Waals surface area contributed by atoms with Crippen LogP contribution < -0.4 is 10.0 Å². The van der Waals surface area contributed by atoms with Gasteiger partial charge in [0.15, 0.2) is 0 Å². The lowest BCUT2D eigenvalue weighted by atomic mass is 10.2. The molecule has 0 spiro atoms. The Bertz CT molecular complexity index is 510. The highest BCUT2D eigenvalue weighted by Gasteiger charge is 2.61. The zero-order valence-corrected chi connectivity index (χ0v) is 10.4. The number of rotatable bonds is 5. The van der Waals surface area contributed by atoms with E-state index in [1.54, 1.807) is 0 Å². The quantitative estimate of drug-likeness (QED) is 0.601. The summed E-state index contributed by atoms with van der Waals surface area (Å²) in [6.45, 7) is 3.49. The molecule has 0 radical (unpaired) electrons. The number of sulfonamides is 1. The van der Waals surface area contributed by atoms with Gasteiger partial charge in [-0.25, -0.2) is 13.2 Å². The molecule has 2 fully saturated rings. The van der Waals surface area contributed by atoms with Crippen molar-refractivity contribution in [2.45, 2.75) is 30.1 Å². The first-order chi connectivity index (χ1) is 8.32. The molecule has 2 rings (SSSR count). The van der Waals surface area contributed by atoms with E-state index < -0.39 is 32.8 Å². The van der Waals surface area contributed by atoms with Crippen molar-refractivity contribution in [3.8, 4) is 0 Å². The maximum Gasteiger partial charge on any atom is 0.405 e. The predicted molar refractivity (Wildman–Crippen MR) is 62.3 cm³/mol. The fourth-order valence-electron chi connectivity index (χ4n) is 1.91. The predicted octanol–water partition coefficient (Wildman–Crippen LogP) is -0.193. The lowest BCUT2D eigenvalue weighted by molar-refractivity contribution is -0.122. The standard InChI is InChI=1S/C10H14N2O5S/c1-2-6-5-10(6,11-9(14)15)8(13)12-18(16,17)7-3-4-7/h2,6-7,11H,1,3-5H2,(H,12,13)(H,14,15)/t6-,10-/m1/s1. The van der Waals surface area contributed by atoms with Crippen LogP contribution >= 0.6 is 0 Å². The van der Waals surface area contributed by atoms with Crippen LogP contribution in [0.25, 0.3) is 0 Å². The van der Waals surface area contributed by atoms with E-state index in [0.29, 0.717) is 12.8 Å². The summed E-state index contributed by atoms with van der Waals surface area (Å²) in [6.07, 6.45) is 1.38. The van der Waals surface area contributed by atoms with Gasteiger partial charge in [-0.1, -0.05) is 6.08 Å². The Morgan fingerprint density at radius 2 is 2.00 bits per heavy atom. The molecule has 2 amide bonds. The molecule has 2 aliphatic rings. The molecule has 0 aliphatic heterocycles. The molecule has 0 bridgehead atoms. The van der Waals surface area contributed by atoms with Gasteiger partial charge in [-0.05, 0) is 19.3 Å². The van der Waals surface area contributed by atoms with Crippen molar-refractivity contribution in [1.29, 1.82) is 0 Å². The fourth-order valence-corrected chi connectivity index (χ4v) is 3.27. The Kier molecular flexibility index (Phi) is 2.84. The molecule has 8 heteroatoms. The van der Waals surface area contributed by atoms with Crippen LogP contribution in [0.5, 0.6) is 0 Å². The van der Waals surface area contributed by atoms with Crippen LogP contribution in [0.4, 0.5) is 4.79 Å². The average Bonchev–Trinajstić information content (AvgIpc) is 3.11. The third-order valence-corrected chi connectivity index (χ3v) is 5.05. The summed E-state index contributed by atoms with van der Waals surface area (Å²) >= 11 is 0. The summed E-state index contributed by atoms with van der Waals surface area (Å²) in [5.74, 6) is -1.19. The highest BCUT2D eigenvalue weighted by atomic mass is 32.2. The maximum absolute atomic E-state index is 11.9. The Hall–Kier alpha value is -1.57. The first kappa shape index (κ1) is 12.9. The Labute approximate surface area is 104 Å².